The van der Waals surface area contributed by atoms with Gasteiger partial charge in [0.2, 0.25) is 0 Å². The SMILES string of the molecule is CC1=C(C)C(C(C)(C)C)C(C)=C1C. The average Bonchev–Trinajstić information content (AvgIpc) is 2.14. The quantitative estimate of drug-likeness (QED) is 0.518. The zero-order valence-electron chi connectivity index (χ0n) is 10.1. The molecule has 0 radical (unpaired) electrons. The fourth-order valence-electron chi connectivity index (χ4n) is 2.65. The van der Waals surface area contributed by atoms with Crippen molar-refractivity contribution < 1.29 is 0 Å². The molecule has 1 aliphatic carbocycles. The monoisotopic (exact) mass is 178 g/mol. The Bertz CT molecular complexity index is 258. The zero-order valence-corrected chi connectivity index (χ0v) is 10.1. The summed E-state index contributed by atoms with van der Waals surface area (Å²) in [7, 11) is 0. The average molecular weight is 178 g/mol. The van der Waals surface area contributed by atoms with E-state index in [2.05, 4.69) is 48.5 Å². The first-order valence-electron chi connectivity index (χ1n) is 5.12. The van der Waals surface area contributed by atoms with Crippen LogP contribution in [-0.4, -0.2) is 0 Å². The Kier molecular flexibility index (Phi) is 2.44. The second-order valence-corrected chi connectivity index (χ2v) is 5.42. The molecule has 0 aromatic carbocycles. The minimum absolute atomic E-state index is 0.368. The van der Waals surface area contributed by atoms with E-state index in [0.717, 1.165) is 0 Å². The Hall–Kier alpha value is -0.520. The third kappa shape index (κ3) is 1.59. The Labute approximate surface area is 82.7 Å². The summed E-state index contributed by atoms with van der Waals surface area (Å²) in [5.74, 6) is 0.660. The fraction of sp³-hybridized carbons (Fsp3) is 0.692. The summed E-state index contributed by atoms with van der Waals surface area (Å²) in [4.78, 5) is 0. The molecule has 0 aromatic rings. The van der Waals surface area contributed by atoms with Crippen LogP contribution in [0.4, 0.5) is 0 Å². The van der Waals surface area contributed by atoms with Gasteiger partial charge in [-0.15, -0.1) is 0 Å². The lowest BCUT2D eigenvalue weighted by molar-refractivity contribution is 0.319. The van der Waals surface area contributed by atoms with Crippen LogP contribution in [0.2, 0.25) is 0 Å². The molecule has 0 saturated heterocycles. The molecular weight excluding hydrogens is 156 g/mol. The highest BCUT2D eigenvalue weighted by Crippen LogP contribution is 2.45. The lowest BCUT2D eigenvalue weighted by Gasteiger charge is -2.30. The van der Waals surface area contributed by atoms with Gasteiger partial charge in [0.15, 0.2) is 0 Å². The van der Waals surface area contributed by atoms with Crippen LogP contribution in [0.15, 0.2) is 22.3 Å². The maximum atomic E-state index is 2.33. The number of hydrogen-bond acceptors (Lipinski definition) is 0. The van der Waals surface area contributed by atoms with Gasteiger partial charge in [-0.25, -0.2) is 0 Å². The van der Waals surface area contributed by atoms with Gasteiger partial charge < -0.3 is 0 Å². The highest BCUT2D eigenvalue weighted by molar-refractivity contribution is 5.47. The van der Waals surface area contributed by atoms with E-state index in [4.69, 9.17) is 0 Å². The fourth-order valence-corrected chi connectivity index (χ4v) is 2.65. The second-order valence-electron chi connectivity index (χ2n) is 5.42. The molecule has 0 atom stereocenters. The summed E-state index contributed by atoms with van der Waals surface area (Å²) in [6.45, 7) is 16.1. The predicted octanol–water partition coefficient (Wildman–Crippen LogP) is 4.34. The van der Waals surface area contributed by atoms with Crippen LogP contribution in [0.1, 0.15) is 48.5 Å². The summed E-state index contributed by atoms with van der Waals surface area (Å²) < 4.78 is 0. The third-order valence-corrected chi connectivity index (χ3v) is 3.48. The normalized spacial score (nSPS) is 20.5. The highest BCUT2D eigenvalue weighted by atomic mass is 14.4. The van der Waals surface area contributed by atoms with Crippen molar-refractivity contribution in [2.45, 2.75) is 48.5 Å². The molecule has 0 bridgehead atoms. The lowest BCUT2D eigenvalue weighted by atomic mass is 9.74. The van der Waals surface area contributed by atoms with E-state index in [9.17, 15) is 0 Å². The van der Waals surface area contributed by atoms with E-state index in [1.807, 2.05) is 0 Å². The smallest absolute Gasteiger partial charge is 0.00616 e. The summed E-state index contributed by atoms with van der Waals surface area (Å²) >= 11 is 0. The van der Waals surface area contributed by atoms with E-state index >= 15 is 0 Å². The summed E-state index contributed by atoms with van der Waals surface area (Å²) in [6, 6.07) is 0. The van der Waals surface area contributed by atoms with Crippen molar-refractivity contribution in [2.24, 2.45) is 11.3 Å². The Balaban J connectivity index is 3.18. The molecule has 0 saturated carbocycles. The van der Waals surface area contributed by atoms with Crippen molar-refractivity contribution >= 4 is 0 Å². The maximum absolute atomic E-state index is 2.33. The standard InChI is InChI=1S/C13H22/c1-8-9(2)11(4)12(10(8)3)13(5,6)7/h12H,1-7H3. The number of allylic oxidation sites excluding steroid dienone is 4. The van der Waals surface area contributed by atoms with Crippen molar-refractivity contribution in [3.63, 3.8) is 0 Å². The molecule has 0 N–H and O–H groups in total. The molecule has 0 heteroatoms. The van der Waals surface area contributed by atoms with Gasteiger partial charge in [-0.2, -0.15) is 0 Å². The Morgan fingerprint density at radius 3 is 1.23 bits per heavy atom. The first kappa shape index (κ1) is 10.6. The second kappa shape index (κ2) is 3.01. The van der Waals surface area contributed by atoms with Gasteiger partial charge in [-0.1, -0.05) is 31.9 Å². The van der Waals surface area contributed by atoms with Crippen LogP contribution in [0, 0.1) is 11.3 Å². The number of hydrogen-bond donors (Lipinski definition) is 0. The van der Waals surface area contributed by atoms with E-state index in [0.29, 0.717) is 11.3 Å². The van der Waals surface area contributed by atoms with Gasteiger partial charge in [0.25, 0.3) is 0 Å². The predicted molar refractivity (Wildman–Crippen MR) is 59.7 cm³/mol. The van der Waals surface area contributed by atoms with E-state index in [-0.39, 0.29) is 0 Å². The topological polar surface area (TPSA) is 0 Å². The van der Waals surface area contributed by atoms with Crippen LogP contribution < -0.4 is 0 Å². The van der Waals surface area contributed by atoms with Crippen molar-refractivity contribution in [3.05, 3.63) is 22.3 Å². The molecule has 0 unspecified atom stereocenters. The van der Waals surface area contributed by atoms with Crippen LogP contribution in [0.25, 0.3) is 0 Å². The molecule has 1 aliphatic rings. The van der Waals surface area contributed by atoms with Crippen LogP contribution in [0.5, 0.6) is 0 Å². The Morgan fingerprint density at radius 1 is 0.769 bits per heavy atom. The number of rotatable bonds is 0. The van der Waals surface area contributed by atoms with Crippen molar-refractivity contribution in [1.82, 2.24) is 0 Å². The maximum Gasteiger partial charge on any atom is 0.00616 e. The van der Waals surface area contributed by atoms with Crippen molar-refractivity contribution in [2.75, 3.05) is 0 Å². The molecule has 1 rings (SSSR count). The summed E-state index contributed by atoms with van der Waals surface area (Å²) in [6.07, 6.45) is 0. The largest absolute Gasteiger partial charge is 0.0624 e. The zero-order chi connectivity index (χ0) is 10.4. The molecule has 0 aliphatic heterocycles. The minimum atomic E-state index is 0.368. The van der Waals surface area contributed by atoms with Crippen LogP contribution >= 0.6 is 0 Å². The molecule has 0 spiro atoms. The molecule has 0 aromatic heterocycles. The van der Waals surface area contributed by atoms with E-state index < -0.39 is 0 Å². The summed E-state index contributed by atoms with van der Waals surface area (Å²) in [5, 5.41) is 0. The molecule has 0 heterocycles. The van der Waals surface area contributed by atoms with Crippen LogP contribution in [-0.2, 0) is 0 Å². The van der Waals surface area contributed by atoms with Gasteiger partial charge in [0.05, 0.1) is 0 Å². The molecular formula is C13H22. The first-order chi connectivity index (χ1) is 5.76. The first-order valence-corrected chi connectivity index (χ1v) is 5.12. The van der Waals surface area contributed by atoms with Gasteiger partial charge in [0.1, 0.15) is 0 Å². The molecule has 13 heavy (non-hydrogen) atoms. The molecule has 0 nitrogen and oxygen atoms in total. The third-order valence-electron chi connectivity index (χ3n) is 3.48. The molecule has 0 amide bonds. The molecule has 0 fully saturated rings. The lowest BCUT2D eigenvalue weighted by Crippen LogP contribution is -2.21. The molecule has 74 valence electrons. The van der Waals surface area contributed by atoms with Gasteiger partial charge in [0, 0.05) is 5.92 Å². The van der Waals surface area contributed by atoms with Crippen molar-refractivity contribution in [3.8, 4) is 0 Å². The summed E-state index contributed by atoms with van der Waals surface area (Å²) in [5.41, 5.74) is 6.53. The van der Waals surface area contributed by atoms with E-state index in [1.54, 1.807) is 11.1 Å². The van der Waals surface area contributed by atoms with Gasteiger partial charge in [-0.05, 0) is 44.3 Å². The van der Waals surface area contributed by atoms with E-state index in [1.165, 1.54) is 11.1 Å². The Morgan fingerprint density at radius 2 is 1.08 bits per heavy atom. The van der Waals surface area contributed by atoms with Crippen molar-refractivity contribution in [1.29, 1.82) is 0 Å². The minimum Gasteiger partial charge on any atom is -0.0624 e. The van der Waals surface area contributed by atoms with Crippen LogP contribution in [0.3, 0.4) is 0 Å². The van der Waals surface area contributed by atoms with Gasteiger partial charge in [-0.3, -0.25) is 0 Å². The highest BCUT2D eigenvalue weighted by Gasteiger charge is 2.33. The van der Waals surface area contributed by atoms with Gasteiger partial charge >= 0.3 is 0 Å².